The molecule has 0 saturated carbocycles. The molecule has 0 aliphatic heterocycles. The van der Waals surface area contributed by atoms with Gasteiger partial charge in [-0.2, -0.15) is 0 Å². The van der Waals surface area contributed by atoms with Crippen LogP contribution < -0.4 is 0 Å². The molecule has 0 radical (unpaired) electrons. The van der Waals surface area contributed by atoms with Gasteiger partial charge in [0.1, 0.15) is 0 Å². The molecule has 1 aromatic carbocycles. The zero-order chi connectivity index (χ0) is 14.2. The minimum absolute atomic E-state index is 0.0673. The van der Waals surface area contributed by atoms with E-state index in [1.807, 2.05) is 27.7 Å². The molecule has 0 amide bonds. The summed E-state index contributed by atoms with van der Waals surface area (Å²) in [4.78, 5) is 0. The molecule has 0 spiro atoms. The molecule has 19 heavy (non-hydrogen) atoms. The Kier molecular flexibility index (Phi) is 3.69. The monoisotopic (exact) mass is 265 g/mol. The molecule has 0 aliphatic carbocycles. The maximum absolute atomic E-state index is 13.4. The van der Waals surface area contributed by atoms with Crippen molar-refractivity contribution in [2.75, 3.05) is 0 Å². The highest BCUT2D eigenvalue weighted by Crippen LogP contribution is 2.32. The lowest BCUT2D eigenvalue weighted by molar-refractivity contribution is 0.418. The molecule has 102 valence electrons. The Morgan fingerprint density at radius 2 is 1.58 bits per heavy atom. The van der Waals surface area contributed by atoms with Crippen molar-refractivity contribution >= 4 is 0 Å². The Morgan fingerprint density at radius 3 is 2.11 bits per heavy atom. The number of halogens is 2. The fourth-order valence-electron chi connectivity index (χ4n) is 1.94. The number of hydrogen-bond donors (Lipinski definition) is 0. The van der Waals surface area contributed by atoms with E-state index < -0.39 is 11.6 Å². The van der Waals surface area contributed by atoms with Crippen molar-refractivity contribution < 1.29 is 13.3 Å². The first-order chi connectivity index (χ1) is 8.90. The lowest BCUT2D eigenvalue weighted by Gasteiger charge is -2.11. The first kappa shape index (κ1) is 13.7. The number of nitrogens with zero attached hydrogens (tertiary/aromatic N) is 1. The molecule has 2 rings (SSSR count). The van der Waals surface area contributed by atoms with Gasteiger partial charge in [0.05, 0.1) is 5.69 Å². The molecule has 1 aromatic heterocycles. The zero-order valence-corrected chi connectivity index (χ0v) is 11.5. The Morgan fingerprint density at radius 1 is 0.947 bits per heavy atom. The zero-order valence-electron chi connectivity index (χ0n) is 11.5. The van der Waals surface area contributed by atoms with Crippen molar-refractivity contribution in [2.45, 2.75) is 39.5 Å². The van der Waals surface area contributed by atoms with Crippen LogP contribution in [-0.2, 0) is 0 Å². The summed E-state index contributed by atoms with van der Waals surface area (Å²) in [6.45, 7) is 7.85. The summed E-state index contributed by atoms with van der Waals surface area (Å²) in [5.41, 5.74) is 2.08. The van der Waals surface area contributed by atoms with E-state index in [2.05, 4.69) is 5.16 Å². The van der Waals surface area contributed by atoms with E-state index >= 15 is 0 Å². The van der Waals surface area contributed by atoms with Crippen LogP contribution in [0.25, 0.3) is 11.3 Å². The lowest BCUT2D eigenvalue weighted by Crippen LogP contribution is -1.96. The average Bonchev–Trinajstić information content (AvgIpc) is 2.81. The Bertz CT molecular complexity index is 588. The van der Waals surface area contributed by atoms with Crippen LogP contribution in [0.3, 0.4) is 0 Å². The Balaban J connectivity index is 2.56. The number of aromatic nitrogens is 1. The fourth-order valence-corrected chi connectivity index (χ4v) is 1.94. The molecular formula is C15H17F2NO. The van der Waals surface area contributed by atoms with Crippen molar-refractivity contribution in [3.05, 3.63) is 41.1 Å². The third-order valence-electron chi connectivity index (χ3n) is 3.10. The van der Waals surface area contributed by atoms with Crippen LogP contribution in [0.5, 0.6) is 0 Å². The number of benzene rings is 1. The van der Waals surface area contributed by atoms with Crippen LogP contribution in [0, 0.1) is 11.6 Å². The third kappa shape index (κ3) is 2.67. The van der Waals surface area contributed by atoms with E-state index in [1.165, 1.54) is 12.1 Å². The van der Waals surface area contributed by atoms with Crippen LogP contribution in [0.4, 0.5) is 8.78 Å². The number of rotatable bonds is 3. The molecule has 2 aromatic rings. The maximum atomic E-state index is 13.4. The van der Waals surface area contributed by atoms with Crippen molar-refractivity contribution in [1.82, 2.24) is 5.16 Å². The highest BCUT2D eigenvalue weighted by Gasteiger charge is 2.18. The largest absolute Gasteiger partial charge is 0.356 e. The van der Waals surface area contributed by atoms with E-state index in [0.717, 1.165) is 5.69 Å². The van der Waals surface area contributed by atoms with Gasteiger partial charge in [-0.1, -0.05) is 32.9 Å². The third-order valence-corrected chi connectivity index (χ3v) is 3.10. The smallest absolute Gasteiger partial charge is 0.167 e. The average molecular weight is 265 g/mol. The van der Waals surface area contributed by atoms with Gasteiger partial charge in [-0.3, -0.25) is 0 Å². The van der Waals surface area contributed by atoms with Crippen molar-refractivity contribution in [2.24, 2.45) is 0 Å². The van der Waals surface area contributed by atoms with Crippen molar-refractivity contribution in [3.8, 4) is 11.3 Å². The molecule has 4 heteroatoms. The Hall–Kier alpha value is -1.71. The highest BCUT2D eigenvalue weighted by atomic mass is 19.2. The van der Waals surface area contributed by atoms with Gasteiger partial charge in [0, 0.05) is 11.6 Å². The topological polar surface area (TPSA) is 26.0 Å². The molecule has 0 fully saturated rings. The van der Waals surface area contributed by atoms with Gasteiger partial charge in [0.25, 0.3) is 0 Å². The summed E-state index contributed by atoms with van der Waals surface area (Å²) in [7, 11) is 0. The summed E-state index contributed by atoms with van der Waals surface area (Å²) >= 11 is 0. The molecule has 1 heterocycles. The van der Waals surface area contributed by atoms with Gasteiger partial charge in [-0.25, -0.2) is 8.78 Å². The van der Waals surface area contributed by atoms with E-state index in [1.54, 1.807) is 6.07 Å². The van der Waals surface area contributed by atoms with Crippen LogP contribution >= 0.6 is 0 Å². The summed E-state index contributed by atoms with van der Waals surface area (Å²) in [6.07, 6.45) is 0. The second-order valence-electron chi connectivity index (χ2n) is 5.28. The van der Waals surface area contributed by atoms with E-state index in [-0.39, 0.29) is 11.8 Å². The lowest BCUT2D eigenvalue weighted by atomic mass is 9.95. The summed E-state index contributed by atoms with van der Waals surface area (Å²) in [5.74, 6) is -0.938. The molecule has 0 unspecified atom stereocenters. The van der Waals surface area contributed by atoms with Gasteiger partial charge < -0.3 is 4.52 Å². The molecule has 0 saturated heterocycles. The predicted molar refractivity (Wildman–Crippen MR) is 70.0 cm³/mol. The number of hydrogen-bond acceptors (Lipinski definition) is 2. The first-order valence-electron chi connectivity index (χ1n) is 6.36. The first-order valence-corrected chi connectivity index (χ1v) is 6.36. The second-order valence-corrected chi connectivity index (χ2v) is 5.28. The quantitative estimate of drug-likeness (QED) is 0.791. The summed E-state index contributed by atoms with van der Waals surface area (Å²) in [5, 5.41) is 3.95. The van der Waals surface area contributed by atoms with Gasteiger partial charge in [0.15, 0.2) is 17.4 Å². The van der Waals surface area contributed by atoms with Gasteiger partial charge in [-0.05, 0) is 29.5 Å². The van der Waals surface area contributed by atoms with Crippen molar-refractivity contribution in [3.63, 3.8) is 0 Å². The molecule has 0 atom stereocenters. The van der Waals surface area contributed by atoms with E-state index in [9.17, 15) is 8.78 Å². The minimum Gasteiger partial charge on any atom is -0.356 e. The normalized spacial score (nSPS) is 11.6. The van der Waals surface area contributed by atoms with Crippen LogP contribution in [0.2, 0.25) is 0 Å². The molecule has 0 aliphatic rings. The predicted octanol–water partition coefficient (Wildman–Crippen LogP) is 4.87. The maximum Gasteiger partial charge on any atom is 0.167 e. The Labute approximate surface area is 111 Å². The van der Waals surface area contributed by atoms with Gasteiger partial charge in [0.2, 0.25) is 0 Å². The molecule has 0 bridgehead atoms. The fraction of sp³-hybridized carbons (Fsp3) is 0.400. The second kappa shape index (κ2) is 5.11. The standard InChI is InChI=1S/C15H17F2NO/c1-8(2)10-5-12(16)13(17)6-11(10)15-7-14(9(3)4)18-19-15/h5-9H,1-4H3. The van der Waals surface area contributed by atoms with E-state index in [4.69, 9.17) is 4.52 Å². The van der Waals surface area contributed by atoms with Crippen LogP contribution in [0.15, 0.2) is 22.7 Å². The van der Waals surface area contributed by atoms with Gasteiger partial charge in [-0.15, -0.1) is 0 Å². The molecule has 0 N–H and O–H groups in total. The highest BCUT2D eigenvalue weighted by molar-refractivity contribution is 5.63. The van der Waals surface area contributed by atoms with Crippen molar-refractivity contribution in [1.29, 1.82) is 0 Å². The van der Waals surface area contributed by atoms with Crippen LogP contribution in [0.1, 0.15) is 50.8 Å². The van der Waals surface area contributed by atoms with E-state index in [0.29, 0.717) is 16.9 Å². The summed E-state index contributed by atoms with van der Waals surface area (Å²) in [6, 6.07) is 4.19. The van der Waals surface area contributed by atoms with Crippen LogP contribution in [-0.4, -0.2) is 5.16 Å². The molecular weight excluding hydrogens is 248 g/mol. The summed E-state index contributed by atoms with van der Waals surface area (Å²) < 4.78 is 32.0. The SMILES string of the molecule is CC(C)c1cc(-c2cc(F)c(F)cc2C(C)C)on1. The van der Waals surface area contributed by atoms with Gasteiger partial charge >= 0.3 is 0 Å². The molecule has 2 nitrogen and oxygen atoms in total. The minimum atomic E-state index is -0.873.